The number of para-hydroxylation sites is 1. The molecule has 2 aromatic heterocycles. The van der Waals surface area contributed by atoms with Crippen molar-refractivity contribution in [3.05, 3.63) is 108 Å². The number of hydrogen-bond donors (Lipinski definition) is 1. The first-order valence-electron chi connectivity index (χ1n) is 10.5. The zero-order chi connectivity index (χ0) is 22.5. The highest BCUT2D eigenvalue weighted by Crippen LogP contribution is 2.17. The molecule has 0 aliphatic rings. The number of aromatic nitrogens is 3. The molecule has 0 saturated carbocycles. The SMILES string of the molecule is O=C(NCc1nc(-c2ccccc2)no1)c1ccc(OCc2ccc3ccccc3n2)cc1. The predicted octanol–water partition coefficient (Wildman–Crippen LogP) is 4.79. The lowest BCUT2D eigenvalue weighted by atomic mass is 10.2. The Morgan fingerprint density at radius 1 is 0.848 bits per heavy atom. The van der Waals surface area contributed by atoms with Crippen molar-refractivity contribution in [2.45, 2.75) is 13.2 Å². The fourth-order valence-electron chi connectivity index (χ4n) is 3.34. The number of ether oxygens (including phenoxy) is 1. The zero-order valence-corrected chi connectivity index (χ0v) is 17.6. The van der Waals surface area contributed by atoms with Crippen molar-refractivity contribution >= 4 is 16.8 Å². The number of carbonyl (C=O) groups excluding carboxylic acids is 1. The summed E-state index contributed by atoms with van der Waals surface area (Å²) in [5.74, 6) is 1.25. The average molecular weight is 436 g/mol. The van der Waals surface area contributed by atoms with Crippen molar-refractivity contribution in [3.8, 4) is 17.1 Å². The first-order valence-corrected chi connectivity index (χ1v) is 10.5. The van der Waals surface area contributed by atoms with Crippen LogP contribution in [-0.4, -0.2) is 21.0 Å². The number of nitrogens with zero attached hydrogens (tertiary/aromatic N) is 3. The van der Waals surface area contributed by atoms with Gasteiger partial charge in [-0.25, -0.2) is 4.98 Å². The molecular formula is C26H20N4O3. The monoisotopic (exact) mass is 436 g/mol. The van der Waals surface area contributed by atoms with Gasteiger partial charge in [0.15, 0.2) is 0 Å². The second-order valence-corrected chi connectivity index (χ2v) is 7.37. The van der Waals surface area contributed by atoms with Crippen LogP contribution in [0.2, 0.25) is 0 Å². The Morgan fingerprint density at radius 2 is 1.64 bits per heavy atom. The minimum Gasteiger partial charge on any atom is -0.487 e. The summed E-state index contributed by atoms with van der Waals surface area (Å²) < 4.78 is 11.0. The van der Waals surface area contributed by atoms with E-state index in [1.165, 1.54) is 0 Å². The molecule has 0 saturated heterocycles. The smallest absolute Gasteiger partial charge is 0.251 e. The Bertz CT molecular complexity index is 1380. The van der Waals surface area contributed by atoms with Crippen LogP contribution in [0, 0.1) is 0 Å². The van der Waals surface area contributed by atoms with Crippen molar-refractivity contribution in [1.82, 2.24) is 20.4 Å². The van der Waals surface area contributed by atoms with Crippen LogP contribution < -0.4 is 10.1 Å². The van der Waals surface area contributed by atoms with E-state index in [2.05, 4.69) is 20.4 Å². The van der Waals surface area contributed by atoms with Gasteiger partial charge < -0.3 is 14.6 Å². The lowest BCUT2D eigenvalue weighted by Gasteiger charge is -2.08. The minimum atomic E-state index is -0.239. The van der Waals surface area contributed by atoms with Gasteiger partial charge in [0, 0.05) is 16.5 Å². The molecule has 0 spiro atoms. The largest absolute Gasteiger partial charge is 0.487 e. The van der Waals surface area contributed by atoms with Crippen LogP contribution in [0.1, 0.15) is 21.9 Å². The molecule has 0 radical (unpaired) electrons. The van der Waals surface area contributed by atoms with Crippen LogP contribution in [0.25, 0.3) is 22.3 Å². The highest BCUT2D eigenvalue weighted by molar-refractivity contribution is 5.94. The Hall–Kier alpha value is -4.52. The van der Waals surface area contributed by atoms with E-state index in [-0.39, 0.29) is 12.5 Å². The molecule has 2 heterocycles. The highest BCUT2D eigenvalue weighted by Gasteiger charge is 2.11. The number of nitrogens with one attached hydrogen (secondary N) is 1. The third-order valence-corrected chi connectivity index (χ3v) is 5.06. The molecule has 33 heavy (non-hydrogen) atoms. The lowest BCUT2D eigenvalue weighted by Crippen LogP contribution is -2.22. The summed E-state index contributed by atoms with van der Waals surface area (Å²) in [7, 11) is 0. The van der Waals surface area contributed by atoms with Gasteiger partial charge in [-0.15, -0.1) is 0 Å². The second kappa shape index (κ2) is 9.32. The minimum absolute atomic E-state index is 0.143. The van der Waals surface area contributed by atoms with E-state index in [4.69, 9.17) is 9.26 Å². The summed E-state index contributed by atoms with van der Waals surface area (Å²) in [4.78, 5) is 21.4. The maximum Gasteiger partial charge on any atom is 0.251 e. The van der Waals surface area contributed by atoms with E-state index < -0.39 is 0 Å². The molecule has 7 heteroatoms. The van der Waals surface area contributed by atoms with E-state index in [9.17, 15) is 4.79 Å². The molecule has 3 aromatic carbocycles. The molecule has 1 amide bonds. The van der Waals surface area contributed by atoms with Crippen molar-refractivity contribution in [1.29, 1.82) is 0 Å². The average Bonchev–Trinajstić information content (AvgIpc) is 3.36. The molecule has 162 valence electrons. The standard InChI is InChI=1S/C26H20N4O3/c31-26(27-16-24-29-25(30-33-24)19-7-2-1-3-8-19)20-11-14-22(15-12-20)32-17-21-13-10-18-6-4-5-9-23(18)28-21/h1-15H,16-17H2,(H,27,31). The molecule has 5 rings (SSSR count). The fraction of sp³-hybridized carbons (Fsp3) is 0.0769. The fourth-order valence-corrected chi connectivity index (χ4v) is 3.34. The van der Waals surface area contributed by atoms with Crippen molar-refractivity contribution in [2.75, 3.05) is 0 Å². The number of carbonyl (C=O) groups is 1. The third kappa shape index (κ3) is 4.88. The first-order chi connectivity index (χ1) is 16.2. The van der Waals surface area contributed by atoms with Crippen LogP contribution in [-0.2, 0) is 13.2 Å². The van der Waals surface area contributed by atoms with E-state index in [1.807, 2.05) is 66.7 Å². The van der Waals surface area contributed by atoms with Gasteiger partial charge >= 0.3 is 0 Å². The van der Waals surface area contributed by atoms with Crippen LogP contribution >= 0.6 is 0 Å². The van der Waals surface area contributed by atoms with Crippen LogP contribution in [0.3, 0.4) is 0 Å². The van der Waals surface area contributed by atoms with Crippen molar-refractivity contribution in [2.24, 2.45) is 0 Å². The van der Waals surface area contributed by atoms with Gasteiger partial charge in [-0.1, -0.05) is 59.8 Å². The van der Waals surface area contributed by atoms with Crippen molar-refractivity contribution in [3.63, 3.8) is 0 Å². The van der Waals surface area contributed by atoms with Crippen LogP contribution in [0.15, 0.2) is 95.5 Å². The molecule has 7 nitrogen and oxygen atoms in total. The highest BCUT2D eigenvalue weighted by atomic mass is 16.5. The third-order valence-electron chi connectivity index (χ3n) is 5.06. The Kier molecular flexibility index (Phi) is 5.75. The number of benzene rings is 3. The number of hydrogen-bond acceptors (Lipinski definition) is 6. The van der Waals surface area contributed by atoms with Gasteiger partial charge in [-0.2, -0.15) is 4.98 Å². The quantitative estimate of drug-likeness (QED) is 0.394. The van der Waals surface area contributed by atoms with Gasteiger partial charge in [0.25, 0.3) is 5.91 Å². The normalized spacial score (nSPS) is 10.8. The zero-order valence-electron chi connectivity index (χ0n) is 17.6. The summed E-state index contributed by atoms with van der Waals surface area (Å²) in [6, 6.07) is 28.4. The van der Waals surface area contributed by atoms with Crippen molar-refractivity contribution < 1.29 is 14.1 Å². The molecule has 0 atom stereocenters. The maximum atomic E-state index is 12.5. The van der Waals surface area contributed by atoms with E-state index in [0.717, 1.165) is 22.2 Å². The Balaban J connectivity index is 1.15. The molecular weight excluding hydrogens is 416 g/mol. The van der Waals surface area contributed by atoms with Gasteiger partial charge in [-0.05, 0) is 36.4 Å². The summed E-state index contributed by atoms with van der Waals surface area (Å²) in [6.45, 7) is 0.488. The Morgan fingerprint density at radius 3 is 2.48 bits per heavy atom. The van der Waals surface area contributed by atoms with E-state index in [0.29, 0.717) is 29.6 Å². The summed E-state index contributed by atoms with van der Waals surface area (Å²) in [6.07, 6.45) is 0. The van der Waals surface area contributed by atoms with Gasteiger partial charge in [0.2, 0.25) is 11.7 Å². The summed E-state index contributed by atoms with van der Waals surface area (Å²) in [5.41, 5.74) is 3.13. The molecule has 0 aliphatic carbocycles. The molecule has 5 aromatic rings. The number of rotatable bonds is 7. The first kappa shape index (κ1) is 20.4. The van der Waals surface area contributed by atoms with E-state index in [1.54, 1.807) is 24.3 Å². The number of amides is 1. The van der Waals surface area contributed by atoms with E-state index >= 15 is 0 Å². The van der Waals surface area contributed by atoms with Crippen LogP contribution in [0.5, 0.6) is 5.75 Å². The maximum absolute atomic E-state index is 12.5. The van der Waals surface area contributed by atoms with Gasteiger partial charge in [0.1, 0.15) is 12.4 Å². The van der Waals surface area contributed by atoms with Gasteiger partial charge in [-0.3, -0.25) is 4.79 Å². The van der Waals surface area contributed by atoms with Crippen LogP contribution in [0.4, 0.5) is 0 Å². The summed E-state index contributed by atoms with van der Waals surface area (Å²) >= 11 is 0. The topological polar surface area (TPSA) is 90.1 Å². The molecule has 0 fully saturated rings. The van der Waals surface area contributed by atoms with Gasteiger partial charge in [0.05, 0.1) is 17.8 Å². The predicted molar refractivity (Wildman–Crippen MR) is 123 cm³/mol. The molecule has 0 unspecified atom stereocenters. The molecule has 0 bridgehead atoms. The second-order valence-electron chi connectivity index (χ2n) is 7.37. The Labute approximate surface area is 190 Å². The number of fused-ring (bicyclic) bond motifs is 1. The molecule has 1 N–H and O–H groups in total. The summed E-state index contributed by atoms with van der Waals surface area (Å²) in [5, 5.41) is 7.83. The number of pyridine rings is 1. The lowest BCUT2D eigenvalue weighted by molar-refractivity contribution is 0.0946. The molecule has 0 aliphatic heterocycles.